The molecule has 12 heteroatoms. The molecule has 0 aliphatic carbocycles. The van der Waals surface area contributed by atoms with Crippen LogP contribution in [-0.2, 0) is 0 Å². The number of anilines is 1. The van der Waals surface area contributed by atoms with Crippen molar-refractivity contribution in [1.82, 2.24) is 25.0 Å². The molecule has 0 radical (unpaired) electrons. The predicted molar refractivity (Wildman–Crippen MR) is 132 cm³/mol. The molecule has 1 atom stereocenters. The summed E-state index contributed by atoms with van der Waals surface area (Å²) in [6, 6.07) is 14.7. The fraction of sp³-hybridized carbons (Fsp3) is 0.208. The normalized spacial score (nSPS) is 11.6. The van der Waals surface area contributed by atoms with Crippen molar-refractivity contribution in [3.8, 4) is 17.3 Å². The van der Waals surface area contributed by atoms with Crippen molar-refractivity contribution in [3.05, 3.63) is 88.2 Å². The van der Waals surface area contributed by atoms with E-state index in [0.717, 1.165) is 4.68 Å². The number of hydrogen-bond acceptors (Lipinski definition) is 8. The molecule has 0 aliphatic heterocycles. The van der Waals surface area contributed by atoms with E-state index >= 15 is 0 Å². The zero-order valence-corrected chi connectivity index (χ0v) is 19.4. The number of rotatable bonds is 11. The molecule has 36 heavy (non-hydrogen) atoms. The summed E-state index contributed by atoms with van der Waals surface area (Å²) >= 11 is 0. The predicted octanol–water partition coefficient (Wildman–Crippen LogP) is 2.58. The van der Waals surface area contributed by atoms with Gasteiger partial charge in [0, 0.05) is 23.5 Å². The molecule has 0 fully saturated rings. The van der Waals surface area contributed by atoms with Crippen LogP contribution >= 0.6 is 0 Å². The van der Waals surface area contributed by atoms with Crippen LogP contribution in [0.5, 0.6) is 11.5 Å². The van der Waals surface area contributed by atoms with Crippen molar-refractivity contribution in [1.29, 1.82) is 5.41 Å². The van der Waals surface area contributed by atoms with Crippen molar-refractivity contribution < 1.29 is 13.9 Å². The van der Waals surface area contributed by atoms with Gasteiger partial charge in [0.1, 0.15) is 36.7 Å². The first-order valence-corrected chi connectivity index (χ1v) is 11.1. The molecule has 1 unspecified atom stereocenters. The third kappa shape index (κ3) is 5.66. The number of nitrogens with one attached hydrogen (secondary N) is 3. The standard InChI is InChI=1S/C24H25FN8O3/c1-2-35-18-12-16(13-19(14-18)36-11-9-25)21(29-17-7-5-15(6-8-17)22(26)27)23-30-24(34)33(32-23)20-4-3-10-28-31-20/h3-8,10,12-14,21,29H,2,9,11H2,1H3,(H3,26,27)(H,30,32,34). The van der Waals surface area contributed by atoms with Gasteiger partial charge in [0.05, 0.1) is 6.61 Å². The molecule has 4 aromatic rings. The van der Waals surface area contributed by atoms with E-state index in [1.165, 1.54) is 6.20 Å². The maximum Gasteiger partial charge on any atom is 0.349 e. The SMILES string of the molecule is CCOc1cc(OCCF)cc(C(Nc2ccc(C(=N)N)cc2)c2nn(-c3cccnn3)c(=O)[nH]2)c1. The molecule has 186 valence electrons. The highest BCUT2D eigenvalue weighted by atomic mass is 19.1. The number of benzene rings is 2. The van der Waals surface area contributed by atoms with Crippen LogP contribution in [0.2, 0.25) is 0 Å². The van der Waals surface area contributed by atoms with Crippen molar-refractivity contribution in [2.45, 2.75) is 13.0 Å². The lowest BCUT2D eigenvalue weighted by molar-refractivity contribution is 0.270. The molecule has 2 aromatic carbocycles. The van der Waals surface area contributed by atoms with Gasteiger partial charge < -0.3 is 20.5 Å². The lowest BCUT2D eigenvalue weighted by Crippen LogP contribution is -2.17. The molecule has 0 bridgehead atoms. The van der Waals surface area contributed by atoms with Gasteiger partial charge in [-0.3, -0.25) is 10.4 Å². The topological polar surface area (TPSA) is 157 Å². The molecular weight excluding hydrogens is 467 g/mol. The Labute approximate surface area is 205 Å². The van der Waals surface area contributed by atoms with Crippen LogP contribution in [-0.4, -0.2) is 50.7 Å². The van der Waals surface area contributed by atoms with E-state index in [4.69, 9.17) is 20.6 Å². The summed E-state index contributed by atoms with van der Waals surface area (Å²) in [7, 11) is 0. The van der Waals surface area contributed by atoms with E-state index in [0.29, 0.717) is 34.9 Å². The third-order valence-corrected chi connectivity index (χ3v) is 5.08. The average molecular weight is 493 g/mol. The van der Waals surface area contributed by atoms with Crippen LogP contribution in [0, 0.1) is 5.41 Å². The number of halogens is 1. The second-order valence-electron chi connectivity index (χ2n) is 7.59. The van der Waals surface area contributed by atoms with Gasteiger partial charge in [-0.05, 0) is 61.0 Å². The number of nitrogens with zero attached hydrogens (tertiary/aromatic N) is 4. The Morgan fingerprint density at radius 3 is 2.58 bits per heavy atom. The van der Waals surface area contributed by atoms with E-state index in [1.807, 2.05) is 6.92 Å². The number of ether oxygens (including phenoxy) is 2. The molecule has 2 aromatic heterocycles. The molecule has 0 amide bonds. The number of nitrogen functional groups attached to an aromatic ring is 1. The highest BCUT2D eigenvalue weighted by Gasteiger charge is 2.22. The molecule has 11 nitrogen and oxygen atoms in total. The highest BCUT2D eigenvalue weighted by molar-refractivity contribution is 5.95. The van der Waals surface area contributed by atoms with Crippen LogP contribution < -0.4 is 26.2 Å². The maximum absolute atomic E-state index is 12.8. The lowest BCUT2D eigenvalue weighted by Gasteiger charge is -2.20. The fourth-order valence-corrected chi connectivity index (χ4v) is 3.50. The van der Waals surface area contributed by atoms with Gasteiger partial charge in [0.25, 0.3) is 0 Å². The molecular formula is C24H25FN8O3. The molecule has 2 heterocycles. The van der Waals surface area contributed by atoms with Gasteiger partial charge in [0.2, 0.25) is 0 Å². The van der Waals surface area contributed by atoms with Gasteiger partial charge in [-0.2, -0.15) is 9.78 Å². The minimum atomic E-state index is -0.674. The minimum absolute atomic E-state index is 0.0517. The van der Waals surface area contributed by atoms with Crippen LogP contribution in [0.1, 0.15) is 29.9 Å². The monoisotopic (exact) mass is 492 g/mol. The van der Waals surface area contributed by atoms with Crippen molar-refractivity contribution in [2.24, 2.45) is 5.73 Å². The van der Waals surface area contributed by atoms with Gasteiger partial charge in [-0.15, -0.1) is 10.2 Å². The lowest BCUT2D eigenvalue weighted by atomic mass is 10.0. The maximum atomic E-state index is 12.8. The summed E-state index contributed by atoms with van der Waals surface area (Å²) in [4.78, 5) is 15.5. The summed E-state index contributed by atoms with van der Waals surface area (Å²) in [5, 5.41) is 23.2. The first-order chi connectivity index (χ1) is 17.5. The Kier molecular flexibility index (Phi) is 7.54. The zero-order chi connectivity index (χ0) is 25.5. The summed E-state index contributed by atoms with van der Waals surface area (Å²) in [6.45, 7) is 1.50. The van der Waals surface area contributed by atoms with E-state index in [2.05, 4.69) is 25.6 Å². The average Bonchev–Trinajstić information content (AvgIpc) is 3.28. The Bertz CT molecular complexity index is 1370. The summed E-state index contributed by atoms with van der Waals surface area (Å²) < 4.78 is 25.1. The Balaban J connectivity index is 1.79. The van der Waals surface area contributed by atoms with Gasteiger partial charge in [-0.1, -0.05) is 0 Å². The van der Waals surface area contributed by atoms with Crippen LogP contribution in [0.15, 0.2) is 65.6 Å². The number of hydrogen-bond donors (Lipinski definition) is 4. The Morgan fingerprint density at radius 1 is 1.19 bits per heavy atom. The van der Waals surface area contributed by atoms with Crippen LogP contribution in [0.3, 0.4) is 0 Å². The summed E-state index contributed by atoms with van der Waals surface area (Å²) in [5.74, 6) is 1.40. The van der Waals surface area contributed by atoms with Crippen LogP contribution in [0.4, 0.5) is 10.1 Å². The fourth-order valence-electron chi connectivity index (χ4n) is 3.50. The number of H-pyrrole nitrogens is 1. The van der Waals surface area contributed by atoms with Crippen molar-refractivity contribution in [2.75, 3.05) is 25.2 Å². The number of amidine groups is 1. The van der Waals surface area contributed by atoms with Crippen molar-refractivity contribution >= 4 is 11.5 Å². The van der Waals surface area contributed by atoms with Gasteiger partial charge in [-0.25, -0.2) is 9.18 Å². The Hall–Kier alpha value is -4.74. The van der Waals surface area contributed by atoms with Crippen molar-refractivity contribution in [3.63, 3.8) is 0 Å². The van der Waals surface area contributed by atoms with Gasteiger partial charge in [0.15, 0.2) is 11.6 Å². The van der Waals surface area contributed by atoms with E-state index in [-0.39, 0.29) is 24.1 Å². The number of nitrogens with two attached hydrogens (primary N) is 1. The quantitative estimate of drug-likeness (QED) is 0.184. The largest absolute Gasteiger partial charge is 0.494 e. The summed E-state index contributed by atoms with van der Waals surface area (Å²) in [5.41, 5.74) is 6.95. The zero-order valence-electron chi connectivity index (χ0n) is 19.4. The van der Waals surface area contributed by atoms with E-state index in [9.17, 15) is 9.18 Å². The molecule has 5 N–H and O–H groups in total. The molecule has 0 saturated carbocycles. The number of aromatic nitrogens is 5. The van der Waals surface area contributed by atoms with Gasteiger partial charge >= 0.3 is 5.69 Å². The van der Waals surface area contributed by atoms with E-state index < -0.39 is 18.4 Å². The second-order valence-corrected chi connectivity index (χ2v) is 7.59. The van der Waals surface area contributed by atoms with E-state index in [1.54, 1.807) is 54.6 Å². The molecule has 0 aliphatic rings. The second kappa shape index (κ2) is 11.1. The molecule has 0 saturated heterocycles. The van der Waals surface area contributed by atoms with Crippen LogP contribution in [0.25, 0.3) is 5.82 Å². The third-order valence-electron chi connectivity index (χ3n) is 5.08. The smallest absolute Gasteiger partial charge is 0.349 e. The molecule has 4 rings (SSSR count). The first-order valence-electron chi connectivity index (χ1n) is 11.1. The minimum Gasteiger partial charge on any atom is -0.494 e. The summed E-state index contributed by atoms with van der Waals surface area (Å²) in [6.07, 6.45) is 1.50. The number of aromatic amines is 1. The molecule has 0 spiro atoms. The number of alkyl halides is 1. The Morgan fingerprint density at radius 2 is 1.94 bits per heavy atom. The first kappa shape index (κ1) is 24.4. The highest BCUT2D eigenvalue weighted by Crippen LogP contribution is 2.31.